The Morgan fingerprint density at radius 2 is 1.73 bits per heavy atom. The van der Waals surface area contributed by atoms with Crippen LogP contribution in [0.5, 0.6) is 0 Å². The zero-order valence-electron chi connectivity index (χ0n) is 10.0. The predicted octanol–water partition coefficient (Wildman–Crippen LogP) is 4.66. The van der Waals surface area contributed by atoms with Crippen LogP contribution in [-0.4, -0.2) is 5.33 Å². The van der Waals surface area contributed by atoms with E-state index in [0.29, 0.717) is 0 Å². The largest absolute Gasteiger partial charge is 0.0880 e. The molecule has 0 radical (unpaired) electrons. The van der Waals surface area contributed by atoms with Crippen LogP contribution in [0.2, 0.25) is 0 Å². The van der Waals surface area contributed by atoms with Crippen molar-refractivity contribution in [2.75, 3.05) is 5.33 Å². The molecule has 0 saturated carbocycles. The summed E-state index contributed by atoms with van der Waals surface area (Å²) in [5.74, 6) is 0. The number of benzene rings is 1. The molecule has 0 fully saturated rings. The lowest BCUT2D eigenvalue weighted by atomic mass is 9.99. The Kier molecular flexibility index (Phi) is 4.59. The molecule has 15 heavy (non-hydrogen) atoms. The number of hydrogen-bond acceptors (Lipinski definition) is 0. The lowest BCUT2D eigenvalue weighted by molar-refractivity contribution is 1.16. The number of halogens is 1. The quantitative estimate of drug-likeness (QED) is 0.649. The zero-order chi connectivity index (χ0) is 11.4. The molecule has 82 valence electrons. The van der Waals surface area contributed by atoms with Gasteiger partial charge in [-0.3, -0.25) is 0 Å². The van der Waals surface area contributed by atoms with Gasteiger partial charge in [-0.15, -0.1) is 0 Å². The van der Waals surface area contributed by atoms with Crippen LogP contribution >= 0.6 is 15.9 Å². The first-order chi connectivity index (χ1) is 7.22. The van der Waals surface area contributed by atoms with E-state index in [-0.39, 0.29) is 0 Å². The molecule has 0 unspecified atom stereocenters. The molecule has 1 aliphatic carbocycles. The van der Waals surface area contributed by atoms with E-state index in [2.05, 4.69) is 48.0 Å². The van der Waals surface area contributed by atoms with Crippen molar-refractivity contribution in [3.8, 4) is 0 Å². The third kappa shape index (κ3) is 2.52. The van der Waals surface area contributed by atoms with Gasteiger partial charge in [0.05, 0.1) is 0 Å². The first kappa shape index (κ1) is 12.5. The molecule has 1 aromatic rings. The standard InChI is InChI=1S/C12H13Br.C2H6/c1-8-3-4-9(2)12-6-10(7-13)5-11(8)12;1-2/h3-5H,6-7H2,1-2H3;1-2H3. The summed E-state index contributed by atoms with van der Waals surface area (Å²) in [4.78, 5) is 0. The van der Waals surface area contributed by atoms with Crippen LogP contribution in [0.4, 0.5) is 0 Å². The molecule has 0 aromatic heterocycles. The Bertz CT molecular complexity index is 375. The van der Waals surface area contributed by atoms with Crippen molar-refractivity contribution in [2.24, 2.45) is 0 Å². The Hall–Kier alpha value is -0.560. The smallest absolute Gasteiger partial charge is 0.0248 e. The number of alkyl halides is 1. The number of rotatable bonds is 1. The van der Waals surface area contributed by atoms with E-state index in [4.69, 9.17) is 0 Å². The van der Waals surface area contributed by atoms with Gasteiger partial charge < -0.3 is 0 Å². The number of allylic oxidation sites excluding steroid dienone is 1. The topological polar surface area (TPSA) is 0 Å². The minimum Gasteiger partial charge on any atom is -0.0880 e. The van der Waals surface area contributed by atoms with E-state index in [1.807, 2.05) is 13.8 Å². The van der Waals surface area contributed by atoms with E-state index in [9.17, 15) is 0 Å². The van der Waals surface area contributed by atoms with Gasteiger partial charge in [0.15, 0.2) is 0 Å². The van der Waals surface area contributed by atoms with E-state index >= 15 is 0 Å². The molecule has 0 amide bonds. The maximum Gasteiger partial charge on any atom is 0.0248 e. The highest BCUT2D eigenvalue weighted by molar-refractivity contribution is 9.09. The molecule has 0 bridgehead atoms. The Morgan fingerprint density at radius 1 is 1.13 bits per heavy atom. The molecule has 0 atom stereocenters. The highest BCUT2D eigenvalue weighted by atomic mass is 79.9. The molecular formula is C14H19Br. The molecule has 2 rings (SSSR count). The summed E-state index contributed by atoms with van der Waals surface area (Å²) in [6.45, 7) is 8.38. The van der Waals surface area contributed by atoms with Crippen molar-refractivity contribution in [3.05, 3.63) is 40.0 Å². The summed E-state index contributed by atoms with van der Waals surface area (Å²) in [5, 5.41) is 1.00. The number of aryl methyl sites for hydroxylation is 2. The van der Waals surface area contributed by atoms with Crippen molar-refractivity contribution in [3.63, 3.8) is 0 Å². The molecule has 0 N–H and O–H groups in total. The van der Waals surface area contributed by atoms with Crippen LogP contribution in [0, 0.1) is 13.8 Å². The first-order valence-corrected chi connectivity index (χ1v) is 6.69. The van der Waals surface area contributed by atoms with Crippen molar-refractivity contribution in [2.45, 2.75) is 34.1 Å². The highest BCUT2D eigenvalue weighted by Crippen LogP contribution is 2.30. The number of fused-ring (bicyclic) bond motifs is 1. The zero-order valence-corrected chi connectivity index (χ0v) is 11.6. The van der Waals surface area contributed by atoms with E-state index in [1.54, 1.807) is 0 Å². The van der Waals surface area contributed by atoms with Crippen molar-refractivity contribution in [1.82, 2.24) is 0 Å². The highest BCUT2D eigenvalue weighted by Gasteiger charge is 2.15. The first-order valence-electron chi connectivity index (χ1n) is 5.57. The van der Waals surface area contributed by atoms with E-state index < -0.39 is 0 Å². The van der Waals surface area contributed by atoms with E-state index in [0.717, 1.165) is 11.8 Å². The van der Waals surface area contributed by atoms with Crippen LogP contribution in [-0.2, 0) is 6.42 Å². The lowest BCUT2D eigenvalue weighted by Crippen LogP contribution is -1.91. The maximum absolute atomic E-state index is 3.52. The maximum atomic E-state index is 3.52. The minimum absolute atomic E-state index is 1.00. The second kappa shape index (κ2) is 5.50. The Labute approximate surface area is 102 Å². The van der Waals surface area contributed by atoms with Crippen LogP contribution < -0.4 is 0 Å². The summed E-state index contributed by atoms with van der Waals surface area (Å²) >= 11 is 3.52. The van der Waals surface area contributed by atoms with Crippen LogP contribution in [0.1, 0.15) is 36.1 Å². The van der Waals surface area contributed by atoms with Gasteiger partial charge in [-0.25, -0.2) is 0 Å². The fraction of sp³-hybridized carbons (Fsp3) is 0.429. The molecule has 0 nitrogen and oxygen atoms in total. The second-order valence-corrected chi connectivity index (χ2v) is 4.27. The molecular weight excluding hydrogens is 248 g/mol. The van der Waals surface area contributed by atoms with Gasteiger partial charge in [-0.05, 0) is 42.5 Å². The fourth-order valence-electron chi connectivity index (χ4n) is 1.89. The molecule has 0 aliphatic heterocycles. The SMILES string of the molecule is CC.Cc1ccc(C)c2c1C=C(CBr)C2. The molecule has 1 heteroatoms. The molecule has 0 saturated heterocycles. The molecule has 0 spiro atoms. The Balaban J connectivity index is 0.000000531. The van der Waals surface area contributed by atoms with Crippen molar-refractivity contribution in [1.29, 1.82) is 0 Å². The molecule has 1 aliphatic rings. The predicted molar refractivity (Wildman–Crippen MR) is 72.7 cm³/mol. The summed E-state index contributed by atoms with van der Waals surface area (Å²) < 4.78 is 0. The molecule has 0 heterocycles. The van der Waals surface area contributed by atoms with Crippen molar-refractivity contribution < 1.29 is 0 Å². The van der Waals surface area contributed by atoms with Gasteiger partial charge in [0, 0.05) is 5.33 Å². The van der Waals surface area contributed by atoms with Gasteiger partial charge in [-0.2, -0.15) is 0 Å². The fourth-order valence-corrected chi connectivity index (χ4v) is 2.25. The minimum atomic E-state index is 1.00. The monoisotopic (exact) mass is 266 g/mol. The van der Waals surface area contributed by atoms with E-state index in [1.165, 1.54) is 27.8 Å². The summed E-state index contributed by atoms with van der Waals surface area (Å²) in [5.41, 5.74) is 7.29. The number of hydrogen-bond donors (Lipinski definition) is 0. The van der Waals surface area contributed by atoms with Gasteiger partial charge in [-0.1, -0.05) is 53.6 Å². The summed E-state index contributed by atoms with van der Waals surface area (Å²) in [7, 11) is 0. The third-order valence-electron chi connectivity index (χ3n) is 2.73. The molecule has 1 aromatic carbocycles. The normalized spacial score (nSPS) is 12.7. The average molecular weight is 267 g/mol. The van der Waals surface area contributed by atoms with Gasteiger partial charge in [0.1, 0.15) is 0 Å². The summed E-state index contributed by atoms with van der Waals surface area (Å²) in [6, 6.07) is 4.43. The lowest BCUT2D eigenvalue weighted by Gasteiger charge is -2.06. The van der Waals surface area contributed by atoms with Gasteiger partial charge in [0.2, 0.25) is 0 Å². The average Bonchev–Trinajstić information content (AvgIpc) is 2.72. The van der Waals surface area contributed by atoms with Crippen LogP contribution in [0.3, 0.4) is 0 Å². The third-order valence-corrected chi connectivity index (χ3v) is 3.45. The Morgan fingerprint density at radius 3 is 2.27 bits per heavy atom. The second-order valence-electron chi connectivity index (χ2n) is 3.70. The van der Waals surface area contributed by atoms with Crippen molar-refractivity contribution >= 4 is 22.0 Å². The summed E-state index contributed by atoms with van der Waals surface area (Å²) in [6.07, 6.45) is 3.46. The van der Waals surface area contributed by atoms with Gasteiger partial charge in [0.25, 0.3) is 0 Å². The van der Waals surface area contributed by atoms with Gasteiger partial charge >= 0.3 is 0 Å². The van der Waals surface area contributed by atoms with Crippen LogP contribution in [0.15, 0.2) is 17.7 Å². The van der Waals surface area contributed by atoms with Crippen LogP contribution in [0.25, 0.3) is 6.08 Å².